The van der Waals surface area contributed by atoms with Gasteiger partial charge in [0.25, 0.3) is 0 Å². The zero-order chi connectivity index (χ0) is 15.7. The molecule has 2 aliphatic heterocycles. The van der Waals surface area contributed by atoms with Crippen LogP contribution in [0.2, 0.25) is 0 Å². The van der Waals surface area contributed by atoms with Crippen molar-refractivity contribution in [2.75, 3.05) is 18.8 Å². The summed E-state index contributed by atoms with van der Waals surface area (Å²) in [6.07, 6.45) is 3.33. The smallest absolute Gasteiger partial charge is 0.118 e. The summed E-state index contributed by atoms with van der Waals surface area (Å²) < 4.78 is 12.1. The number of aryl methyl sites for hydroxylation is 1. The van der Waals surface area contributed by atoms with Gasteiger partial charge in [0.2, 0.25) is 0 Å². The average molecular weight is 330 g/mol. The largest absolute Gasteiger partial charge is 0.465 e. The van der Waals surface area contributed by atoms with Gasteiger partial charge in [0.1, 0.15) is 11.5 Å². The Kier molecular flexibility index (Phi) is 4.18. The second-order valence-electron chi connectivity index (χ2n) is 6.61. The molecular formula is C18H22N2O2S. The van der Waals surface area contributed by atoms with Gasteiger partial charge in [-0.1, -0.05) is 6.07 Å². The van der Waals surface area contributed by atoms with Gasteiger partial charge in [0, 0.05) is 29.8 Å². The molecule has 0 aromatic carbocycles. The van der Waals surface area contributed by atoms with E-state index in [2.05, 4.69) is 27.7 Å². The van der Waals surface area contributed by atoms with Gasteiger partial charge in [0.15, 0.2) is 0 Å². The summed E-state index contributed by atoms with van der Waals surface area (Å²) in [5.41, 5.74) is 1.02. The van der Waals surface area contributed by atoms with Gasteiger partial charge in [-0.3, -0.25) is 9.88 Å². The Bertz CT molecular complexity index is 652. The molecule has 0 N–H and O–H groups in total. The maximum absolute atomic E-state index is 6.06. The molecule has 4 rings (SSSR count). The zero-order valence-electron chi connectivity index (χ0n) is 13.4. The maximum Gasteiger partial charge on any atom is 0.118 e. The molecule has 23 heavy (non-hydrogen) atoms. The third kappa shape index (κ3) is 3.47. The number of hydrogen-bond donors (Lipinski definition) is 0. The lowest BCUT2D eigenvalue weighted by Gasteiger charge is -2.47. The van der Waals surface area contributed by atoms with Gasteiger partial charge >= 0.3 is 0 Å². The van der Waals surface area contributed by atoms with Crippen molar-refractivity contribution in [2.24, 2.45) is 0 Å². The van der Waals surface area contributed by atoms with Gasteiger partial charge in [-0.2, -0.15) is 0 Å². The molecule has 0 unspecified atom stereocenters. The van der Waals surface area contributed by atoms with E-state index in [4.69, 9.17) is 9.15 Å². The van der Waals surface area contributed by atoms with Crippen LogP contribution in [0.25, 0.3) is 0 Å². The van der Waals surface area contributed by atoms with Crippen LogP contribution < -0.4 is 0 Å². The zero-order valence-corrected chi connectivity index (χ0v) is 14.2. The number of likely N-dealkylation sites (tertiary alicyclic amines) is 1. The lowest BCUT2D eigenvalue weighted by molar-refractivity contribution is 0.0237. The summed E-state index contributed by atoms with van der Waals surface area (Å²) in [7, 11) is 0. The predicted octanol–water partition coefficient (Wildman–Crippen LogP) is 3.26. The molecule has 0 saturated carbocycles. The monoisotopic (exact) mass is 330 g/mol. The normalized spacial score (nSPS) is 23.3. The highest BCUT2D eigenvalue weighted by molar-refractivity contribution is 8.01. The van der Waals surface area contributed by atoms with E-state index in [1.807, 2.05) is 37.4 Å². The fraction of sp³-hybridized carbons (Fsp3) is 0.500. The van der Waals surface area contributed by atoms with Crippen LogP contribution >= 0.6 is 11.8 Å². The summed E-state index contributed by atoms with van der Waals surface area (Å²) in [6.45, 7) is 5.83. The van der Waals surface area contributed by atoms with Crippen molar-refractivity contribution in [2.45, 2.75) is 37.3 Å². The number of hydrogen-bond acceptors (Lipinski definition) is 5. The molecule has 5 heteroatoms. The third-order valence-electron chi connectivity index (χ3n) is 4.57. The lowest BCUT2D eigenvalue weighted by atomic mass is 9.93. The molecule has 2 aromatic heterocycles. The third-order valence-corrected chi connectivity index (χ3v) is 6.14. The Morgan fingerprint density at radius 1 is 1.35 bits per heavy atom. The molecule has 2 saturated heterocycles. The van der Waals surface area contributed by atoms with Crippen molar-refractivity contribution >= 4 is 11.8 Å². The fourth-order valence-corrected chi connectivity index (χ4v) is 5.09. The molecule has 122 valence electrons. The van der Waals surface area contributed by atoms with E-state index in [1.165, 1.54) is 0 Å². The van der Waals surface area contributed by atoms with E-state index < -0.39 is 0 Å². The van der Waals surface area contributed by atoms with Crippen molar-refractivity contribution in [3.63, 3.8) is 0 Å². The number of pyridine rings is 1. The second kappa shape index (κ2) is 6.30. The topological polar surface area (TPSA) is 38.5 Å². The number of rotatable bonds is 5. The van der Waals surface area contributed by atoms with E-state index in [0.717, 1.165) is 49.0 Å². The summed E-state index contributed by atoms with van der Waals surface area (Å²) in [4.78, 5) is 6.79. The van der Waals surface area contributed by atoms with Gasteiger partial charge in [-0.25, -0.2) is 0 Å². The quantitative estimate of drug-likeness (QED) is 0.841. The molecule has 2 aromatic rings. The molecule has 1 atom stereocenters. The van der Waals surface area contributed by atoms with E-state index in [9.17, 15) is 0 Å². The number of furan rings is 1. The first-order valence-electron chi connectivity index (χ1n) is 8.14. The van der Waals surface area contributed by atoms with Crippen LogP contribution in [0, 0.1) is 6.92 Å². The number of ether oxygens (including phenoxy) is 1. The Labute approximate surface area is 141 Å². The lowest BCUT2D eigenvalue weighted by Crippen LogP contribution is -2.58. The molecule has 4 heterocycles. The average Bonchev–Trinajstić information content (AvgIpc) is 3.13. The van der Waals surface area contributed by atoms with Crippen LogP contribution in [0.15, 0.2) is 40.9 Å². The molecule has 4 nitrogen and oxygen atoms in total. The first-order valence-corrected chi connectivity index (χ1v) is 9.13. The van der Waals surface area contributed by atoms with Gasteiger partial charge in [-0.15, -0.1) is 11.8 Å². The van der Waals surface area contributed by atoms with Crippen molar-refractivity contribution in [3.05, 3.63) is 53.7 Å². The van der Waals surface area contributed by atoms with Gasteiger partial charge in [-0.05, 0) is 37.6 Å². The minimum absolute atomic E-state index is 0.356. The highest BCUT2D eigenvalue weighted by atomic mass is 32.2. The Morgan fingerprint density at radius 3 is 3.00 bits per heavy atom. The van der Waals surface area contributed by atoms with Crippen molar-refractivity contribution < 1.29 is 9.15 Å². The van der Waals surface area contributed by atoms with Crippen LogP contribution in [-0.4, -0.2) is 39.6 Å². The minimum atomic E-state index is 0.356. The van der Waals surface area contributed by atoms with Crippen molar-refractivity contribution in [3.8, 4) is 0 Å². The predicted molar refractivity (Wildman–Crippen MR) is 91.3 cm³/mol. The first-order chi connectivity index (χ1) is 11.2. The number of thioether (sulfide) groups is 1. The van der Waals surface area contributed by atoms with E-state index in [-0.39, 0.29) is 0 Å². The fourth-order valence-electron chi connectivity index (χ4n) is 3.49. The van der Waals surface area contributed by atoms with E-state index in [0.29, 0.717) is 17.5 Å². The van der Waals surface area contributed by atoms with E-state index in [1.54, 1.807) is 0 Å². The molecule has 2 fully saturated rings. The van der Waals surface area contributed by atoms with Crippen LogP contribution in [0.4, 0.5) is 0 Å². The Hall–Kier alpha value is -1.30. The number of nitrogens with zero attached hydrogens (tertiary/aromatic N) is 2. The standard InChI is InChI=1S/C18H22N2O2S/c1-14-5-6-16(22-14)9-20-12-18(13-20)8-17(11-23-18)21-10-15-4-2-3-7-19-15/h2-7,17H,8-13H2,1H3/t17-/m0/s1. The highest BCUT2D eigenvalue weighted by Gasteiger charge is 2.49. The minimum Gasteiger partial charge on any atom is -0.465 e. The molecule has 0 bridgehead atoms. The molecule has 2 aliphatic rings. The second-order valence-corrected chi connectivity index (χ2v) is 8.10. The maximum atomic E-state index is 6.06. The summed E-state index contributed by atoms with van der Waals surface area (Å²) in [6, 6.07) is 10.1. The molecule has 1 spiro atoms. The molecular weight excluding hydrogens is 308 g/mol. The van der Waals surface area contributed by atoms with Crippen LogP contribution in [-0.2, 0) is 17.9 Å². The van der Waals surface area contributed by atoms with Crippen molar-refractivity contribution in [1.29, 1.82) is 0 Å². The summed E-state index contributed by atoms with van der Waals surface area (Å²) >= 11 is 2.08. The number of aromatic nitrogens is 1. The highest BCUT2D eigenvalue weighted by Crippen LogP contribution is 2.46. The van der Waals surface area contributed by atoms with Crippen LogP contribution in [0.5, 0.6) is 0 Å². The Balaban J connectivity index is 1.23. The molecule has 0 aliphatic carbocycles. The van der Waals surface area contributed by atoms with Crippen molar-refractivity contribution in [1.82, 2.24) is 9.88 Å². The molecule has 0 amide bonds. The van der Waals surface area contributed by atoms with Crippen LogP contribution in [0.3, 0.4) is 0 Å². The SMILES string of the molecule is Cc1ccc(CN2CC3(C[C@H](OCc4ccccn4)CS3)C2)o1. The summed E-state index contributed by atoms with van der Waals surface area (Å²) in [5, 5.41) is 0. The van der Waals surface area contributed by atoms with E-state index >= 15 is 0 Å². The van der Waals surface area contributed by atoms with Gasteiger partial charge < -0.3 is 9.15 Å². The van der Waals surface area contributed by atoms with Gasteiger partial charge in [0.05, 0.1) is 24.9 Å². The van der Waals surface area contributed by atoms with Crippen LogP contribution in [0.1, 0.15) is 23.6 Å². The Morgan fingerprint density at radius 2 is 2.26 bits per heavy atom. The first kappa shape index (κ1) is 15.2. The molecule has 0 radical (unpaired) electrons. The summed E-state index contributed by atoms with van der Waals surface area (Å²) in [5.74, 6) is 3.16.